The average Bonchev–Trinajstić information content (AvgIpc) is 2.49. The predicted octanol–water partition coefficient (Wildman–Crippen LogP) is 2.27. The van der Waals surface area contributed by atoms with Crippen LogP contribution < -0.4 is 5.73 Å². The summed E-state index contributed by atoms with van der Waals surface area (Å²) >= 11 is 6.92. The molecule has 0 radical (unpaired) electrons. The van der Waals surface area contributed by atoms with E-state index in [1.807, 2.05) is 12.1 Å². The second kappa shape index (κ2) is 4.08. The summed E-state index contributed by atoms with van der Waals surface area (Å²) in [6, 6.07) is 7.19. The molecule has 0 spiro atoms. The highest BCUT2D eigenvalue weighted by Gasteiger charge is 2.19. The molecule has 5 heteroatoms. The van der Waals surface area contributed by atoms with Crippen LogP contribution in [0.5, 0.6) is 0 Å². The van der Waals surface area contributed by atoms with Crippen LogP contribution in [0.3, 0.4) is 0 Å². The highest BCUT2D eigenvalue weighted by molar-refractivity contribution is 8.18. The molecule has 0 aliphatic carbocycles. The van der Waals surface area contributed by atoms with E-state index in [1.54, 1.807) is 18.2 Å². The normalized spacial score (nSPS) is 18.3. The van der Waals surface area contributed by atoms with Crippen LogP contribution in [0.25, 0.3) is 6.08 Å². The molecule has 2 N–H and O–H groups in total. The summed E-state index contributed by atoms with van der Waals surface area (Å²) in [7, 11) is 0. The zero-order chi connectivity index (χ0) is 10.8. The molecular weight excluding hydrogens is 232 g/mol. The van der Waals surface area contributed by atoms with Crippen LogP contribution in [0.1, 0.15) is 5.56 Å². The lowest BCUT2D eigenvalue weighted by Gasteiger charge is -1.95. The van der Waals surface area contributed by atoms with Gasteiger partial charge in [0.1, 0.15) is 0 Å². The fourth-order valence-electron chi connectivity index (χ4n) is 1.14. The highest BCUT2D eigenvalue weighted by Crippen LogP contribution is 2.26. The van der Waals surface area contributed by atoms with Gasteiger partial charge in [-0.2, -0.15) is 4.99 Å². The summed E-state index contributed by atoms with van der Waals surface area (Å²) in [5.74, 6) is -0.285. The zero-order valence-corrected chi connectivity index (χ0v) is 9.18. The van der Waals surface area contributed by atoms with Crippen molar-refractivity contribution in [2.75, 3.05) is 0 Å². The number of carbonyl (C=O) groups is 1. The van der Waals surface area contributed by atoms with Crippen LogP contribution in [0, 0.1) is 0 Å². The summed E-state index contributed by atoms with van der Waals surface area (Å²) in [6.45, 7) is 0. The molecule has 0 saturated heterocycles. The SMILES string of the molecule is NC1=NC(=O)C(=Cc2ccc(Cl)cc2)S1. The minimum atomic E-state index is -0.285. The Bertz CT molecular complexity index is 465. The highest BCUT2D eigenvalue weighted by atomic mass is 35.5. The van der Waals surface area contributed by atoms with Crippen molar-refractivity contribution in [1.82, 2.24) is 0 Å². The van der Waals surface area contributed by atoms with Crippen LogP contribution in [0.2, 0.25) is 5.02 Å². The Morgan fingerprint density at radius 1 is 1.33 bits per heavy atom. The van der Waals surface area contributed by atoms with Gasteiger partial charge in [0.25, 0.3) is 5.91 Å². The molecular formula is C10H7ClN2OS. The zero-order valence-electron chi connectivity index (χ0n) is 7.61. The van der Waals surface area contributed by atoms with Gasteiger partial charge in [-0.25, -0.2) is 0 Å². The van der Waals surface area contributed by atoms with E-state index in [2.05, 4.69) is 4.99 Å². The van der Waals surface area contributed by atoms with Crippen molar-refractivity contribution in [1.29, 1.82) is 0 Å². The van der Waals surface area contributed by atoms with Gasteiger partial charge in [0, 0.05) is 5.02 Å². The van der Waals surface area contributed by atoms with Crippen LogP contribution in [-0.2, 0) is 4.79 Å². The third-order valence-electron chi connectivity index (χ3n) is 1.80. The maximum atomic E-state index is 11.3. The van der Waals surface area contributed by atoms with Gasteiger partial charge in [-0.05, 0) is 35.5 Å². The molecule has 76 valence electrons. The minimum Gasteiger partial charge on any atom is -0.378 e. The Hall–Kier alpha value is -1.26. The lowest BCUT2D eigenvalue weighted by Crippen LogP contribution is -2.01. The largest absolute Gasteiger partial charge is 0.378 e. The molecule has 1 aromatic carbocycles. The summed E-state index contributed by atoms with van der Waals surface area (Å²) in [4.78, 5) is 15.4. The molecule has 1 aliphatic rings. The summed E-state index contributed by atoms with van der Waals surface area (Å²) in [6.07, 6.45) is 1.74. The minimum absolute atomic E-state index is 0.285. The first kappa shape index (κ1) is 10.3. The predicted molar refractivity (Wildman–Crippen MR) is 63.6 cm³/mol. The first-order chi connectivity index (χ1) is 7.15. The summed E-state index contributed by atoms with van der Waals surface area (Å²) < 4.78 is 0. The standard InChI is InChI=1S/C10H7ClN2OS/c11-7-3-1-6(2-4-7)5-8-9(14)13-10(12)15-8/h1-5H,(H2,12,13,14). The molecule has 0 saturated carbocycles. The van der Waals surface area contributed by atoms with Gasteiger partial charge in [0.2, 0.25) is 0 Å². The van der Waals surface area contributed by atoms with E-state index in [-0.39, 0.29) is 5.91 Å². The molecule has 2 rings (SSSR count). The van der Waals surface area contributed by atoms with Crippen molar-refractivity contribution in [3.05, 3.63) is 39.8 Å². The molecule has 0 fully saturated rings. The van der Waals surface area contributed by atoms with Crippen LogP contribution in [-0.4, -0.2) is 11.1 Å². The number of hydrogen-bond acceptors (Lipinski definition) is 3. The van der Waals surface area contributed by atoms with E-state index in [1.165, 1.54) is 11.8 Å². The van der Waals surface area contributed by atoms with Crippen LogP contribution >= 0.6 is 23.4 Å². The van der Waals surface area contributed by atoms with Gasteiger partial charge in [0.15, 0.2) is 5.17 Å². The fraction of sp³-hybridized carbons (Fsp3) is 0. The molecule has 1 aliphatic heterocycles. The van der Waals surface area contributed by atoms with Crippen molar-refractivity contribution < 1.29 is 4.79 Å². The van der Waals surface area contributed by atoms with E-state index < -0.39 is 0 Å². The molecule has 15 heavy (non-hydrogen) atoms. The molecule has 0 atom stereocenters. The fourth-order valence-corrected chi connectivity index (χ4v) is 1.94. The second-order valence-electron chi connectivity index (χ2n) is 2.92. The number of aliphatic imine (C=N–C) groups is 1. The van der Waals surface area contributed by atoms with Gasteiger partial charge >= 0.3 is 0 Å². The Morgan fingerprint density at radius 2 is 2.00 bits per heavy atom. The number of benzene rings is 1. The molecule has 0 bridgehead atoms. The Balaban J connectivity index is 2.25. The van der Waals surface area contributed by atoms with Crippen LogP contribution in [0.15, 0.2) is 34.2 Å². The number of amides is 1. The van der Waals surface area contributed by atoms with Gasteiger partial charge in [-0.1, -0.05) is 23.7 Å². The van der Waals surface area contributed by atoms with Crippen molar-refractivity contribution >= 4 is 40.5 Å². The maximum Gasteiger partial charge on any atom is 0.286 e. The van der Waals surface area contributed by atoms with Gasteiger partial charge < -0.3 is 5.73 Å². The summed E-state index contributed by atoms with van der Waals surface area (Å²) in [5.41, 5.74) is 6.33. The van der Waals surface area contributed by atoms with Crippen molar-refractivity contribution in [2.24, 2.45) is 10.7 Å². The second-order valence-corrected chi connectivity index (χ2v) is 4.42. The van der Waals surface area contributed by atoms with E-state index in [9.17, 15) is 4.79 Å². The number of thioether (sulfide) groups is 1. The maximum absolute atomic E-state index is 11.3. The number of nitrogens with two attached hydrogens (primary N) is 1. The van der Waals surface area contributed by atoms with Crippen LogP contribution in [0.4, 0.5) is 0 Å². The number of nitrogens with zero attached hydrogens (tertiary/aromatic N) is 1. The van der Waals surface area contributed by atoms with E-state index >= 15 is 0 Å². The number of hydrogen-bond donors (Lipinski definition) is 1. The molecule has 0 unspecified atom stereocenters. The number of amidine groups is 1. The van der Waals surface area contributed by atoms with E-state index in [4.69, 9.17) is 17.3 Å². The smallest absolute Gasteiger partial charge is 0.286 e. The molecule has 3 nitrogen and oxygen atoms in total. The van der Waals surface area contributed by atoms with Crippen molar-refractivity contribution in [3.8, 4) is 0 Å². The Labute approximate surface area is 96.0 Å². The topological polar surface area (TPSA) is 55.4 Å². The van der Waals surface area contributed by atoms with Crippen molar-refractivity contribution in [2.45, 2.75) is 0 Å². The monoisotopic (exact) mass is 238 g/mol. The quantitative estimate of drug-likeness (QED) is 0.764. The molecule has 0 aromatic heterocycles. The molecule has 1 heterocycles. The number of halogens is 1. The molecule has 1 amide bonds. The number of rotatable bonds is 1. The Morgan fingerprint density at radius 3 is 2.53 bits per heavy atom. The van der Waals surface area contributed by atoms with Gasteiger partial charge in [-0.15, -0.1) is 0 Å². The lowest BCUT2D eigenvalue weighted by molar-refractivity contribution is -0.113. The average molecular weight is 239 g/mol. The van der Waals surface area contributed by atoms with Crippen molar-refractivity contribution in [3.63, 3.8) is 0 Å². The first-order valence-electron chi connectivity index (χ1n) is 4.19. The van der Waals surface area contributed by atoms with E-state index in [0.29, 0.717) is 15.1 Å². The van der Waals surface area contributed by atoms with Gasteiger partial charge in [-0.3, -0.25) is 4.79 Å². The Kier molecular flexibility index (Phi) is 2.79. The first-order valence-corrected chi connectivity index (χ1v) is 5.38. The lowest BCUT2D eigenvalue weighted by atomic mass is 10.2. The third-order valence-corrected chi connectivity index (χ3v) is 2.87. The molecule has 1 aromatic rings. The summed E-state index contributed by atoms with van der Waals surface area (Å²) in [5, 5.41) is 0.957. The van der Waals surface area contributed by atoms with Gasteiger partial charge in [0.05, 0.1) is 4.91 Å². The third kappa shape index (κ3) is 2.40. The van der Waals surface area contributed by atoms with E-state index in [0.717, 1.165) is 5.56 Å². The number of carbonyl (C=O) groups excluding carboxylic acids is 1.